The van der Waals surface area contributed by atoms with Crippen LogP contribution in [0.2, 0.25) is 5.02 Å². The molecule has 2 amide bonds. The number of carbonyl (C=O) groups excluding carboxylic acids is 2. The Kier molecular flexibility index (Phi) is 7.59. The third kappa shape index (κ3) is 5.65. The maximum atomic E-state index is 13.5. The first-order chi connectivity index (χ1) is 17.1. The van der Waals surface area contributed by atoms with E-state index in [1.807, 2.05) is 23.1 Å². The van der Waals surface area contributed by atoms with Gasteiger partial charge in [0, 0.05) is 67.6 Å². The number of piperazine rings is 1. The van der Waals surface area contributed by atoms with Crippen LogP contribution in [0.4, 0.5) is 5.69 Å². The normalized spacial score (nSPS) is 20.3. The number of hydrogen-bond acceptors (Lipinski definition) is 4. The molecule has 1 saturated carbocycles. The van der Waals surface area contributed by atoms with Gasteiger partial charge in [-0.05, 0) is 56.0 Å². The van der Waals surface area contributed by atoms with Crippen molar-refractivity contribution < 1.29 is 9.59 Å². The van der Waals surface area contributed by atoms with Gasteiger partial charge in [0.2, 0.25) is 0 Å². The zero-order chi connectivity index (χ0) is 24.2. The van der Waals surface area contributed by atoms with Crippen molar-refractivity contribution in [2.75, 3.05) is 44.2 Å². The average Bonchev–Trinajstić information content (AvgIpc) is 3.44. The third-order valence-electron chi connectivity index (χ3n) is 7.83. The van der Waals surface area contributed by atoms with Gasteiger partial charge in [-0.1, -0.05) is 42.6 Å². The van der Waals surface area contributed by atoms with Crippen LogP contribution < -0.4 is 10.2 Å². The molecule has 2 aromatic carbocycles. The third-order valence-corrected chi connectivity index (χ3v) is 8.07. The number of benzene rings is 2. The fourth-order valence-corrected chi connectivity index (χ4v) is 6.01. The van der Waals surface area contributed by atoms with Gasteiger partial charge in [-0.2, -0.15) is 0 Å². The highest BCUT2D eigenvalue weighted by atomic mass is 35.5. The van der Waals surface area contributed by atoms with Crippen LogP contribution >= 0.6 is 11.6 Å². The predicted octanol–water partition coefficient (Wildman–Crippen LogP) is 4.44. The van der Waals surface area contributed by atoms with Gasteiger partial charge in [-0.15, -0.1) is 0 Å². The SMILES string of the molecule is O=C(NC1CCN(c2ccccc2C(=O)N2CCN(C3CCCC3)CC2)CC1)c1cccc(Cl)c1. The molecule has 0 aromatic heterocycles. The number of amides is 2. The van der Waals surface area contributed by atoms with E-state index in [0.717, 1.165) is 69.4 Å². The molecule has 3 fully saturated rings. The lowest BCUT2D eigenvalue weighted by atomic mass is 10.0. The Labute approximate surface area is 213 Å². The fraction of sp³-hybridized carbons (Fsp3) is 0.500. The number of anilines is 1. The second kappa shape index (κ2) is 11.0. The van der Waals surface area contributed by atoms with Gasteiger partial charge in [0.05, 0.1) is 5.56 Å². The summed E-state index contributed by atoms with van der Waals surface area (Å²) in [6.07, 6.45) is 7.00. The van der Waals surface area contributed by atoms with Gasteiger partial charge < -0.3 is 15.1 Å². The van der Waals surface area contributed by atoms with E-state index >= 15 is 0 Å². The van der Waals surface area contributed by atoms with Crippen LogP contribution in [-0.4, -0.2) is 73.0 Å². The molecule has 2 aliphatic heterocycles. The van der Waals surface area contributed by atoms with E-state index < -0.39 is 0 Å². The highest BCUT2D eigenvalue weighted by Crippen LogP contribution is 2.28. The molecular weight excluding hydrogens is 460 g/mol. The summed E-state index contributed by atoms with van der Waals surface area (Å²) in [6.45, 7) is 5.19. The summed E-state index contributed by atoms with van der Waals surface area (Å²) in [5.74, 6) is 0.0568. The highest BCUT2D eigenvalue weighted by molar-refractivity contribution is 6.30. The van der Waals surface area contributed by atoms with Crippen molar-refractivity contribution in [3.8, 4) is 0 Å². The molecule has 6 nitrogen and oxygen atoms in total. The smallest absolute Gasteiger partial charge is 0.256 e. The van der Waals surface area contributed by atoms with Gasteiger partial charge >= 0.3 is 0 Å². The van der Waals surface area contributed by atoms with Crippen LogP contribution in [0, 0.1) is 0 Å². The van der Waals surface area contributed by atoms with Crippen LogP contribution in [0.1, 0.15) is 59.2 Å². The Bertz CT molecular complexity index is 1040. The maximum absolute atomic E-state index is 13.5. The topological polar surface area (TPSA) is 55.9 Å². The zero-order valence-electron chi connectivity index (χ0n) is 20.3. The maximum Gasteiger partial charge on any atom is 0.256 e. The van der Waals surface area contributed by atoms with E-state index in [-0.39, 0.29) is 17.9 Å². The molecule has 0 spiro atoms. The minimum atomic E-state index is -0.0849. The monoisotopic (exact) mass is 494 g/mol. The van der Waals surface area contributed by atoms with E-state index in [0.29, 0.717) is 10.6 Å². The summed E-state index contributed by atoms with van der Waals surface area (Å²) in [7, 11) is 0. The first-order valence-electron chi connectivity index (χ1n) is 13.0. The summed E-state index contributed by atoms with van der Waals surface area (Å²) in [6, 6.07) is 15.9. The molecule has 5 rings (SSSR count). The number of nitrogens with one attached hydrogen (secondary N) is 1. The van der Waals surface area contributed by atoms with Crippen molar-refractivity contribution in [2.45, 2.75) is 50.6 Å². The largest absolute Gasteiger partial charge is 0.371 e. The molecule has 2 aromatic rings. The average molecular weight is 495 g/mol. The van der Waals surface area contributed by atoms with Crippen molar-refractivity contribution in [2.24, 2.45) is 0 Å². The van der Waals surface area contributed by atoms with Gasteiger partial charge in [0.1, 0.15) is 0 Å². The molecule has 3 aliphatic rings. The second-order valence-electron chi connectivity index (χ2n) is 10.0. The van der Waals surface area contributed by atoms with Gasteiger partial charge in [-0.25, -0.2) is 0 Å². The molecule has 7 heteroatoms. The van der Waals surface area contributed by atoms with E-state index in [1.165, 1.54) is 25.7 Å². The number of para-hydroxylation sites is 1. The lowest BCUT2D eigenvalue weighted by molar-refractivity contribution is 0.0574. The standard InChI is InChI=1S/C28H35ClN4O2/c29-22-7-5-6-21(20-22)27(34)30-23-12-14-32(15-13-23)26-11-4-3-10-25(26)28(35)33-18-16-31(17-19-33)24-8-1-2-9-24/h3-7,10-11,20,23-24H,1-2,8-9,12-19H2,(H,30,34). The lowest BCUT2D eigenvalue weighted by Crippen LogP contribution is -2.51. The van der Waals surface area contributed by atoms with E-state index in [9.17, 15) is 9.59 Å². The number of rotatable bonds is 5. The minimum absolute atomic E-state index is 0.0849. The predicted molar refractivity (Wildman–Crippen MR) is 140 cm³/mol. The summed E-state index contributed by atoms with van der Waals surface area (Å²) >= 11 is 6.03. The Morgan fingerprint density at radius 1 is 0.829 bits per heavy atom. The van der Waals surface area contributed by atoms with Crippen molar-refractivity contribution in [3.05, 3.63) is 64.7 Å². The van der Waals surface area contributed by atoms with Gasteiger partial charge in [0.25, 0.3) is 11.8 Å². The number of carbonyl (C=O) groups is 2. The van der Waals surface area contributed by atoms with E-state index in [4.69, 9.17) is 11.6 Å². The lowest BCUT2D eigenvalue weighted by Gasteiger charge is -2.39. The van der Waals surface area contributed by atoms with Crippen LogP contribution in [0.15, 0.2) is 48.5 Å². The Hall–Kier alpha value is -2.57. The summed E-state index contributed by atoms with van der Waals surface area (Å²) < 4.78 is 0. The second-order valence-corrected chi connectivity index (χ2v) is 10.5. The van der Waals surface area contributed by atoms with Crippen LogP contribution in [0.5, 0.6) is 0 Å². The molecule has 1 N–H and O–H groups in total. The molecule has 0 unspecified atom stereocenters. The summed E-state index contributed by atoms with van der Waals surface area (Å²) in [4.78, 5) is 33.0. The van der Waals surface area contributed by atoms with Crippen LogP contribution in [0.3, 0.4) is 0 Å². The van der Waals surface area contributed by atoms with Crippen molar-refractivity contribution in [1.82, 2.24) is 15.1 Å². The van der Waals surface area contributed by atoms with Crippen LogP contribution in [-0.2, 0) is 0 Å². The van der Waals surface area contributed by atoms with E-state index in [1.54, 1.807) is 24.3 Å². The number of halogens is 1. The molecule has 0 bridgehead atoms. The zero-order valence-corrected chi connectivity index (χ0v) is 21.1. The first-order valence-corrected chi connectivity index (χ1v) is 13.4. The van der Waals surface area contributed by atoms with Crippen molar-refractivity contribution in [1.29, 1.82) is 0 Å². The van der Waals surface area contributed by atoms with Gasteiger partial charge in [-0.3, -0.25) is 14.5 Å². The number of nitrogens with zero attached hydrogens (tertiary/aromatic N) is 3. The highest BCUT2D eigenvalue weighted by Gasteiger charge is 2.30. The first kappa shape index (κ1) is 24.1. The Morgan fingerprint density at radius 2 is 1.54 bits per heavy atom. The Morgan fingerprint density at radius 3 is 2.26 bits per heavy atom. The van der Waals surface area contributed by atoms with Gasteiger partial charge in [0.15, 0.2) is 0 Å². The number of hydrogen-bond donors (Lipinski definition) is 1. The number of piperidine rings is 1. The summed E-state index contributed by atoms with van der Waals surface area (Å²) in [5, 5.41) is 3.71. The molecular formula is C28H35ClN4O2. The molecule has 1 aliphatic carbocycles. The molecule has 2 heterocycles. The minimum Gasteiger partial charge on any atom is -0.371 e. The molecule has 186 valence electrons. The summed E-state index contributed by atoms with van der Waals surface area (Å²) in [5.41, 5.74) is 2.39. The Balaban J connectivity index is 1.17. The van der Waals surface area contributed by atoms with Crippen molar-refractivity contribution >= 4 is 29.1 Å². The molecule has 0 atom stereocenters. The molecule has 2 saturated heterocycles. The van der Waals surface area contributed by atoms with E-state index in [2.05, 4.69) is 21.2 Å². The molecule has 35 heavy (non-hydrogen) atoms. The fourth-order valence-electron chi connectivity index (χ4n) is 5.82. The molecule has 0 radical (unpaired) electrons. The van der Waals surface area contributed by atoms with Crippen molar-refractivity contribution in [3.63, 3.8) is 0 Å². The van der Waals surface area contributed by atoms with Crippen LogP contribution in [0.25, 0.3) is 0 Å². The quantitative estimate of drug-likeness (QED) is 0.667.